The first-order valence-electron chi connectivity index (χ1n) is 5.49. The van der Waals surface area contributed by atoms with E-state index in [4.69, 9.17) is 9.47 Å². The van der Waals surface area contributed by atoms with Gasteiger partial charge in [-0.25, -0.2) is 0 Å². The lowest BCUT2D eigenvalue weighted by molar-refractivity contribution is 0.0721. The van der Waals surface area contributed by atoms with Gasteiger partial charge in [-0.2, -0.15) is 0 Å². The van der Waals surface area contributed by atoms with Crippen LogP contribution in [0.3, 0.4) is 0 Å². The molecule has 1 aromatic rings. The minimum Gasteiger partial charge on any atom is -0.485 e. The number of rotatable bonds is 1. The number of carbonyl (C=O) groups excluding carboxylic acids is 1. The van der Waals surface area contributed by atoms with E-state index in [1.54, 1.807) is 6.92 Å². The van der Waals surface area contributed by atoms with Gasteiger partial charge in [0.1, 0.15) is 23.6 Å². The van der Waals surface area contributed by atoms with Crippen molar-refractivity contribution in [3.8, 4) is 5.75 Å². The van der Waals surface area contributed by atoms with Crippen LogP contribution in [0.5, 0.6) is 5.75 Å². The number of hydrogen-bond donors (Lipinski definition) is 0. The number of Topliss-reactive ketones (excluding diaryl/α,β-unsaturated/α-hetero) is 1. The Morgan fingerprint density at radius 1 is 1.38 bits per heavy atom. The average molecular weight is 218 g/mol. The quantitative estimate of drug-likeness (QED) is 0.537. The molecule has 0 amide bonds. The van der Waals surface area contributed by atoms with Gasteiger partial charge in [0.2, 0.25) is 0 Å². The maximum absolute atomic E-state index is 11.5. The molecule has 2 atom stereocenters. The van der Waals surface area contributed by atoms with E-state index in [0.717, 1.165) is 16.9 Å². The molecule has 0 aliphatic carbocycles. The van der Waals surface area contributed by atoms with Crippen LogP contribution in [0.1, 0.15) is 42.8 Å². The second-order valence-corrected chi connectivity index (χ2v) is 4.96. The average Bonchev–Trinajstić information content (AvgIpc) is 2.96. The molecule has 2 unspecified atom stereocenters. The van der Waals surface area contributed by atoms with Crippen LogP contribution < -0.4 is 4.74 Å². The molecule has 2 aliphatic heterocycles. The molecule has 1 fully saturated rings. The van der Waals surface area contributed by atoms with E-state index < -0.39 is 0 Å². The smallest absolute Gasteiger partial charge is 0.160 e. The van der Waals surface area contributed by atoms with Crippen molar-refractivity contribution in [3.05, 3.63) is 29.3 Å². The fraction of sp³-hybridized carbons (Fsp3) is 0.462. The second-order valence-electron chi connectivity index (χ2n) is 4.96. The largest absolute Gasteiger partial charge is 0.485 e. The zero-order chi connectivity index (χ0) is 11.5. The van der Waals surface area contributed by atoms with Gasteiger partial charge < -0.3 is 9.47 Å². The van der Waals surface area contributed by atoms with Gasteiger partial charge in [0.05, 0.1) is 0 Å². The molecule has 1 aromatic carbocycles. The molecule has 1 saturated heterocycles. The first-order valence-corrected chi connectivity index (χ1v) is 5.49. The summed E-state index contributed by atoms with van der Waals surface area (Å²) in [6.07, 6.45) is 0.124. The van der Waals surface area contributed by atoms with Crippen LogP contribution in [-0.2, 0) is 4.74 Å². The number of ether oxygens (including phenoxy) is 2. The summed E-state index contributed by atoms with van der Waals surface area (Å²) in [5.41, 5.74) is 1.35. The Hall–Kier alpha value is -1.35. The summed E-state index contributed by atoms with van der Waals surface area (Å²) in [5.74, 6) is 0.853. The molecule has 0 spiro atoms. The molecule has 2 aliphatic rings. The lowest BCUT2D eigenvalue weighted by Gasteiger charge is -2.30. The topological polar surface area (TPSA) is 38.8 Å². The summed E-state index contributed by atoms with van der Waals surface area (Å²) in [7, 11) is 0. The number of epoxide rings is 1. The molecule has 84 valence electrons. The monoisotopic (exact) mass is 218 g/mol. The standard InChI is InChI=1S/C13H14O3/c1-7(14)8-5-4-6-9-10(8)11-12(15-11)13(2,3)16-9/h4-6,11-12H,1-3H3. The fourth-order valence-corrected chi connectivity index (χ4v) is 2.44. The highest BCUT2D eigenvalue weighted by Gasteiger charge is 2.57. The van der Waals surface area contributed by atoms with Gasteiger partial charge in [-0.05, 0) is 26.8 Å². The van der Waals surface area contributed by atoms with Crippen LogP contribution in [0, 0.1) is 0 Å². The molecule has 3 rings (SSSR count). The van der Waals surface area contributed by atoms with Crippen molar-refractivity contribution in [1.29, 1.82) is 0 Å². The van der Waals surface area contributed by atoms with Crippen LogP contribution in [0.4, 0.5) is 0 Å². The number of fused-ring (bicyclic) bond motifs is 3. The third kappa shape index (κ3) is 1.21. The van der Waals surface area contributed by atoms with Crippen LogP contribution in [0.15, 0.2) is 18.2 Å². The van der Waals surface area contributed by atoms with Crippen molar-refractivity contribution >= 4 is 5.78 Å². The molecule has 0 saturated carbocycles. The predicted molar refractivity (Wildman–Crippen MR) is 58.8 cm³/mol. The van der Waals surface area contributed by atoms with Crippen LogP contribution in [0.25, 0.3) is 0 Å². The molecule has 0 N–H and O–H groups in total. The minimum absolute atomic E-state index is 0.0406. The molecule has 3 heteroatoms. The maximum Gasteiger partial charge on any atom is 0.160 e. The van der Waals surface area contributed by atoms with Gasteiger partial charge in [0.15, 0.2) is 5.78 Å². The number of ketones is 1. The highest BCUT2D eigenvalue weighted by atomic mass is 16.6. The van der Waals surface area contributed by atoms with Gasteiger partial charge in [0, 0.05) is 11.1 Å². The van der Waals surface area contributed by atoms with Crippen LogP contribution >= 0.6 is 0 Å². The first kappa shape index (κ1) is 9.85. The normalized spacial score (nSPS) is 28.7. The number of hydrogen-bond acceptors (Lipinski definition) is 3. The van der Waals surface area contributed by atoms with Gasteiger partial charge >= 0.3 is 0 Å². The molecular weight excluding hydrogens is 204 g/mol. The number of benzene rings is 1. The summed E-state index contributed by atoms with van der Waals surface area (Å²) < 4.78 is 11.5. The lowest BCUT2D eigenvalue weighted by Crippen LogP contribution is -2.38. The lowest BCUT2D eigenvalue weighted by atomic mass is 9.90. The molecular formula is C13H14O3. The van der Waals surface area contributed by atoms with Crippen molar-refractivity contribution in [2.45, 2.75) is 38.6 Å². The van der Waals surface area contributed by atoms with E-state index in [0.29, 0.717) is 0 Å². The predicted octanol–water partition coefficient (Wildman–Crippen LogP) is 2.50. The molecule has 2 heterocycles. The SMILES string of the molecule is CC(=O)c1cccc2c1C1OC1C(C)(C)O2. The molecule has 0 aromatic heterocycles. The summed E-state index contributed by atoms with van der Waals surface area (Å²) in [6, 6.07) is 5.59. The van der Waals surface area contributed by atoms with E-state index in [-0.39, 0.29) is 23.6 Å². The third-order valence-corrected chi connectivity index (χ3v) is 3.28. The fourth-order valence-electron chi connectivity index (χ4n) is 2.44. The molecule has 16 heavy (non-hydrogen) atoms. The van der Waals surface area contributed by atoms with E-state index in [1.165, 1.54) is 0 Å². The van der Waals surface area contributed by atoms with Gasteiger partial charge in [0.25, 0.3) is 0 Å². The van der Waals surface area contributed by atoms with E-state index >= 15 is 0 Å². The number of carbonyl (C=O) groups is 1. The molecule has 0 bridgehead atoms. The Kier molecular flexibility index (Phi) is 1.76. The zero-order valence-electron chi connectivity index (χ0n) is 9.61. The first-order chi connectivity index (χ1) is 7.50. The summed E-state index contributed by atoms with van der Waals surface area (Å²) in [5, 5.41) is 0. The zero-order valence-corrected chi connectivity index (χ0v) is 9.61. The van der Waals surface area contributed by atoms with Gasteiger partial charge in [-0.3, -0.25) is 4.79 Å². The Bertz CT molecular complexity index is 476. The maximum atomic E-state index is 11.5. The summed E-state index contributed by atoms with van der Waals surface area (Å²) >= 11 is 0. The second kappa shape index (κ2) is 2.86. The Labute approximate surface area is 94.4 Å². The van der Waals surface area contributed by atoms with Gasteiger partial charge in [-0.15, -0.1) is 0 Å². The molecule has 3 nitrogen and oxygen atoms in total. The summed E-state index contributed by atoms with van der Waals surface area (Å²) in [6.45, 7) is 5.61. The highest BCUT2D eigenvalue weighted by Crippen LogP contribution is 2.54. The van der Waals surface area contributed by atoms with Crippen molar-refractivity contribution < 1.29 is 14.3 Å². The van der Waals surface area contributed by atoms with E-state index in [9.17, 15) is 4.79 Å². The van der Waals surface area contributed by atoms with Crippen molar-refractivity contribution in [2.24, 2.45) is 0 Å². The Morgan fingerprint density at radius 2 is 2.12 bits per heavy atom. The third-order valence-electron chi connectivity index (χ3n) is 3.28. The van der Waals surface area contributed by atoms with Crippen molar-refractivity contribution in [3.63, 3.8) is 0 Å². The van der Waals surface area contributed by atoms with Crippen LogP contribution in [0.2, 0.25) is 0 Å². The molecule has 0 radical (unpaired) electrons. The van der Waals surface area contributed by atoms with Gasteiger partial charge in [-0.1, -0.05) is 12.1 Å². The van der Waals surface area contributed by atoms with Crippen molar-refractivity contribution in [2.75, 3.05) is 0 Å². The highest BCUT2D eigenvalue weighted by molar-refractivity contribution is 5.96. The Morgan fingerprint density at radius 3 is 2.81 bits per heavy atom. The Balaban J connectivity index is 2.16. The van der Waals surface area contributed by atoms with E-state index in [1.807, 2.05) is 32.0 Å². The van der Waals surface area contributed by atoms with Crippen molar-refractivity contribution in [1.82, 2.24) is 0 Å². The minimum atomic E-state index is -0.299. The van der Waals surface area contributed by atoms with E-state index in [2.05, 4.69) is 0 Å². The summed E-state index contributed by atoms with van der Waals surface area (Å²) in [4.78, 5) is 11.5. The van der Waals surface area contributed by atoms with Crippen LogP contribution in [-0.4, -0.2) is 17.5 Å².